The van der Waals surface area contributed by atoms with Gasteiger partial charge in [-0.05, 0) is 36.2 Å². The Kier molecular flexibility index (Phi) is 4.71. The monoisotopic (exact) mass is 389 g/mol. The van der Waals surface area contributed by atoms with Crippen LogP contribution in [0, 0.1) is 11.6 Å². The van der Waals surface area contributed by atoms with Crippen LogP contribution in [0.25, 0.3) is 0 Å². The van der Waals surface area contributed by atoms with E-state index in [1.54, 1.807) is 18.2 Å². The molecule has 2 N–H and O–H groups in total. The second-order valence-electron chi connectivity index (χ2n) is 4.21. The van der Waals surface area contributed by atoms with Crippen molar-refractivity contribution in [1.82, 2.24) is 0 Å². The summed E-state index contributed by atoms with van der Waals surface area (Å²) >= 11 is 6.48. The predicted molar refractivity (Wildman–Crippen MR) is 78.8 cm³/mol. The summed E-state index contributed by atoms with van der Waals surface area (Å²) in [5.74, 6) is -0.667. The van der Waals surface area contributed by atoms with Crippen LogP contribution in [0.15, 0.2) is 45.3 Å². The maximum Gasteiger partial charge on any atom is 0.129 e. The number of nitrogens with two attached hydrogens (primary N) is 1. The van der Waals surface area contributed by atoms with Gasteiger partial charge in [0.15, 0.2) is 0 Å². The van der Waals surface area contributed by atoms with Gasteiger partial charge in [0.05, 0.1) is 0 Å². The molecule has 0 radical (unpaired) electrons. The fourth-order valence-electron chi connectivity index (χ4n) is 1.84. The molecular formula is C14H11Br2F2N. The van der Waals surface area contributed by atoms with Crippen LogP contribution in [0.1, 0.15) is 17.2 Å². The molecule has 0 fully saturated rings. The molecule has 0 spiro atoms. The molecule has 0 bridgehead atoms. The highest BCUT2D eigenvalue weighted by molar-refractivity contribution is 9.10. The average Bonchev–Trinajstić information content (AvgIpc) is 2.32. The van der Waals surface area contributed by atoms with Crippen LogP contribution in [0.3, 0.4) is 0 Å². The van der Waals surface area contributed by atoms with Crippen LogP contribution in [0.4, 0.5) is 8.78 Å². The first-order chi connectivity index (χ1) is 8.97. The van der Waals surface area contributed by atoms with Crippen molar-refractivity contribution in [3.8, 4) is 0 Å². The van der Waals surface area contributed by atoms with E-state index in [0.29, 0.717) is 20.9 Å². The highest BCUT2D eigenvalue weighted by atomic mass is 79.9. The number of rotatable bonds is 3. The standard InChI is InChI=1S/C14H11Br2F2N/c15-9-2-4-11(13(18)6-9)14(19)5-8-1-3-10(17)7-12(8)16/h1-4,6-7,14H,5,19H2. The Morgan fingerprint density at radius 1 is 1.05 bits per heavy atom. The van der Waals surface area contributed by atoms with E-state index < -0.39 is 6.04 Å². The predicted octanol–water partition coefficient (Wildman–Crippen LogP) is 4.73. The third-order valence-electron chi connectivity index (χ3n) is 2.82. The smallest absolute Gasteiger partial charge is 0.129 e. The van der Waals surface area contributed by atoms with E-state index >= 15 is 0 Å². The molecular weight excluding hydrogens is 380 g/mol. The molecule has 0 aliphatic heterocycles. The van der Waals surface area contributed by atoms with Crippen LogP contribution in [-0.2, 0) is 6.42 Å². The lowest BCUT2D eigenvalue weighted by molar-refractivity contribution is 0.578. The Labute approximate surface area is 127 Å². The number of hydrogen-bond acceptors (Lipinski definition) is 1. The summed E-state index contributed by atoms with van der Waals surface area (Å²) in [5.41, 5.74) is 7.30. The van der Waals surface area contributed by atoms with Gasteiger partial charge in [0.2, 0.25) is 0 Å². The first kappa shape index (κ1) is 14.6. The maximum absolute atomic E-state index is 13.8. The zero-order valence-corrected chi connectivity index (χ0v) is 13.0. The van der Waals surface area contributed by atoms with Crippen molar-refractivity contribution in [2.75, 3.05) is 0 Å². The molecule has 2 aromatic rings. The van der Waals surface area contributed by atoms with Crippen molar-refractivity contribution in [3.05, 3.63) is 68.1 Å². The summed E-state index contributed by atoms with van der Waals surface area (Å²) < 4.78 is 28.1. The van der Waals surface area contributed by atoms with E-state index in [0.717, 1.165) is 5.56 Å². The Balaban J connectivity index is 2.23. The molecule has 1 atom stereocenters. The summed E-state index contributed by atoms with van der Waals surface area (Å²) in [6.45, 7) is 0. The van der Waals surface area contributed by atoms with Gasteiger partial charge in [-0.2, -0.15) is 0 Å². The second kappa shape index (κ2) is 6.11. The summed E-state index contributed by atoms with van der Waals surface area (Å²) in [4.78, 5) is 0. The Hall–Kier alpha value is -0.780. The van der Waals surface area contributed by atoms with Crippen LogP contribution in [-0.4, -0.2) is 0 Å². The summed E-state index contributed by atoms with van der Waals surface area (Å²) in [7, 11) is 0. The van der Waals surface area contributed by atoms with Crippen molar-refractivity contribution >= 4 is 31.9 Å². The number of benzene rings is 2. The quantitative estimate of drug-likeness (QED) is 0.805. The van der Waals surface area contributed by atoms with Gasteiger partial charge >= 0.3 is 0 Å². The number of hydrogen-bond donors (Lipinski definition) is 1. The Morgan fingerprint density at radius 3 is 2.42 bits per heavy atom. The van der Waals surface area contributed by atoms with Crippen molar-refractivity contribution in [2.24, 2.45) is 5.73 Å². The van der Waals surface area contributed by atoms with E-state index in [-0.39, 0.29) is 11.6 Å². The molecule has 1 unspecified atom stereocenters. The van der Waals surface area contributed by atoms with E-state index in [9.17, 15) is 8.78 Å². The molecule has 0 aliphatic rings. The van der Waals surface area contributed by atoms with Gasteiger partial charge in [0.25, 0.3) is 0 Å². The van der Waals surface area contributed by atoms with Crippen molar-refractivity contribution in [2.45, 2.75) is 12.5 Å². The fourth-order valence-corrected chi connectivity index (χ4v) is 2.68. The largest absolute Gasteiger partial charge is 0.324 e. The summed E-state index contributed by atoms with van der Waals surface area (Å²) in [6.07, 6.45) is 0.430. The van der Waals surface area contributed by atoms with Gasteiger partial charge in [-0.15, -0.1) is 0 Å². The zero-order valence-electron chi connectivity index (χ0n) is 9.84. The number of halogens is 4. The minimum Gasteiger partial charge on any atom is -0.324 e. The summed E-state index contributed by atoms with van der Waals surface area (Å²) in [6, 6.07) is 8.70. The van der Waals surface area contributed by atoms with Gasteiger partial charge in [0.1, 0.15) is 11.6 Å². The molecule has 100 valence electrons. The lowest BCUT2D eigenvalue weighted by Gasteiger charge is -2.14. The first-order valence-electron chi connectivity index (χ1n) is 5.62. The molecule has 2 aromatic carbocycles. The van der Waals surface area contributed by atoms with Crippen molar-refractivity contribution in [3.63, 3.8) is 0 Å². The molecule has 2 rings (SSSR count). The van der Waals surface area contributed by atoms with Crippen molar-refractivity contribution in [1.29, 1.82) is 0 Å². The fraction of sp³-hybridized carbons (Fsp3) is 0.143. The SMILES string of the molecule is NC(Cc1ccc(F)cc1Br)c1ccc(Br)cc1F. The molecule has 0 heterocycles. The van der Waals surface area contributed by atoms with E-state index in [4.69, 9.17) is 5.73 Å². The normalized spacial score (nSPS) is 12.5. The van der Waals surface area contributed by atoms with Gasteiger partial charge in [0, 0.05) is 20.6 Å². The lowest BCUT2D eigenvalue weighted by Crippen LogP contribution is -2.15. The van der Waals surface area contributed by atoms with Crippen LogP contribution >= 0.6 is 31.9 Å². The van der Waals surface area contributed by atoms with Gasteiger partial charge < -0.3 is 5.73 Å². The molecule has 0 saturated carbocycles. The molecule has 19 heavy (non-hydrogen) atoms. The second-order valence-corrected chi connectivity index (χ2v) is 5.98. The van der Waals surface area contributed by atoms with Crippen molar-refractivity contribution < 1.29 is 8.78 Å². The van der Waals surface area contributed by atoms with Gasteiger partial charge in [-0.1, -0.05) is 44.0 Å². The molecule has 5 heteroatoms. The Morgan fingerprint density at radius 2 is 1.79 bits per heavy atom. The zero-order chi connectivity index (χ0) is 14.0. The van der Waals surface area contributed by atoms with Crippen LogP contribution in [0.5, 0.6) is 0 Å². The third kappa shape index (κ3) is 3.61. The van der Waals surface area contributed by atoms with Crippen LogP contribution < -0.4 is 5.73 Å². The highest BCUT2D eigenvalue weighted by Crippen LogP contribution is 2.26. The molecule has 0 amide bonds. The van der Waals surface area contributed by atoms with E-state index in [2.05, 4.69) is 31.9 Å². The highest BCUT2D eigenvalue weighted by Gasteiger charge is 2.14. The molecule has 1 nitrogen and oxygen atoms in total. The third-order valence-corrected chi connectivity index (χ3v) is 4.05. The topological polar surface area (TPSA) is 26.0 Å². The minimum atomic E-state index is -0.477. The minimum absolute atomic E-state index is 0.320. The average molecular weight is 391 g/mol. The molecule has 0 aliphatic carbocycles. The summed E-state index contributed by atoms with van der Waals surface area (Å²) in [5, 5.41) is 0. The first-order valence-corrected chi connectivity index (χ1v) is 7.20. The Bertz CT molecular complexity index is 602. The molecule has 0 aromatic heterocycles. The maximum atomic E-state index is 13.8. The van der Waals surface area contributed by atoms with Gasteiger partial charge in [-0.25, -0.2) is 8.78 Å². The van der Waals surface area contributed by atoms with E-state index in [1.165, 1.54) is 18.2 Å². The van der Waals surface area contributed by atoms with E-state index in [1.807, 2.05) is 0 Å². The van der Waals surface area contributed by atoms with Gasteiger partial charge in [-0.3, -0.25) is 0 Å². The van der Waals surface area contributed by atoms with Crippen LogP contribution in [0.2, 0.25) is 0 Å². The lowest BCUT2D eigenvalue weighted by atomic mass is 9.99. The molecule has 0 saturated heterocycles.